The van der Waals surface area contributed by atoms with Crippen molar-refractivity contribution in [1.82, 2.24) is 15.5 Å². The fraction of sp³-hybridized carbons (Fsp3) is 0.545. The number of nitrogens with zero attached hydrogens (tertiary/aromatic N) is 1. The van der Waals surface area contributed by atoms with E-state index in [4.69, 9.17) is 5.11 Å². The number of carbonyl (C=O) groups is 2. The first-order valence-corrected chi connectivity index (χ1v) is 5.46. The van der Waals surface area contributed by atoms with Crippen LogP contribution in [0.3, 0.4) is 0 Å². The van der Waals surface area contributed by atoms with Gasteiger partial charge in [-0.05, 0) is 32.3 Å². The molecule has 1 aromatic heterocycles. The van der Waals surface area contributed by atoms with Gasteiger partial charge in [0.05, 0.1) is 5.69 Å². The lowest BCUT2D eigenvalue weighted by atomic mass is 10.0. The molecule has 6 heteroatoms. The number of carboxylic acids is 1. The van der Waals surface area contributed by atoms with Crippen molar-refractivity contribution in [1.29, 1.82) is 0 Å². The van der Waals surface area contributed by atoms with E-state index in [-0.39, 0.29) is 12.5 Å². The second-order valence-corrected chi connectivity index (χ2v) is 4.03. The monoisotopic (exact) mass is 239 g/mol. The van der Waals surface area contributed by atoms with E-state index in [1.165, 1.54) is 0 Å². The van der Waals surface area contributed by atoms with Gasteiger partial charge in [-0.1, -0.05) is 0 Å². The average molecular weight is 239 g/mol. The van der Waals surface area contributed by atoms with E-state index in [1.807, 2.05) is 13.8 Å². The number of aryl methyl sites for hydroxylation is 2. The summed E-state index contributed by atoms with van der Waals surface area (Å²) >= 11 is 0. The predicted octanol–water partition coefficient (Wildman–Crippen LogP) is 0.548. The van der Waals surface area contributed by atoms with Crippen LogP contribution in [0.15, 0.2) is 0 Å². The molecule has 1 heterocycles. The van der Waals surface area contributed by atoms with Gasteiger partial charge >= 0.3 is 5.97 Å². The lowest BCUT2D eigenvalue weighted by Gasteiger charge is -2.15. The summed E-state index contributed by atoms with van der Waals surface area (Å²) in [4.78, 5) is 21.0. The van der Waals surface area contributed by atoms with E-state index in [0.29, 0.717) is 19.3 Å². The molecule has 0 aliphatic rings. The zero-order valence-electron chi connectivity index (χ0n) is 9.99. The third-order valence-corrected chi connectivity index (χ3v) is 2.74. The van der Waals surface area contributed by atoms with Crippen molar-refractivity contribution in [3.63, 3.8) is 0 Å². The van der Waals surface area contributed by atoms with Crippen molar-refractivity contribution in [2.24, 2.45) is 0 Å². The number of aromatic amines is 1. The molecule has 0 aromatic carbocycles. The van der Waals surface area contributed by atoms with Gasteiger partial charge in [-0.3, -0.25) is 14.7 Å². The summed E-state index contributed by atoms with van der Waals surface area (Å²) in [6.07, 6.45) is 1.66. The van der Waals surface area contributed by atoms with E-state index in [1.54, 1.807) is 0 Å². The molecule has 0 saturated heterocycles. The minimum atomic E-state index is -0.858. The molecule has 94 valence electrons. The van der Waals surface area contributed by atoms with Crippen LogP contribution >= 0.6 is 0 Å². The summed E-state index contributed by atoms with van der Waals surface area (Å²) in [6, 6.07) is -0.168. The van der Waals surface area contributed by atoms with Gasteiger partial charge < -0.3 is 10.4 Å². The van der Waals surface area contributed by atoms with Crippen LogP contribution in [-0.2, 0) is 16.0 Å². The third kappa shape index (κ3) is 3.90. The molecule has 1 unspecified atom stereocenters. The number of aliphatic carboxylic acids is 1. The molecular weight excluding hydrogens is 222 g/mol. The van der Waals surface area contributed by atoms with Crippen LogP contribution in [0.2, 0.25) is 0 Å². The van der Waals surface area contributed by atoms with Crippen LogP contribution in [-0.4, -0.2) is 33.7 Å². The number of rotatable bonds is 7. The fourth-order valence-corrected chi connectivity index (χ4v) is 1.76. The standard InChI is InChI=1S/C11H17N3O3/c1-7-10(8(2)14-13-7)5-9(12-6-15)3-4-11(16)17/h6,9H,3-5H2,1-2H3,(H,12,15)(H,13,14)(H,16,17). The minimum Gasteiger partial charge on any atom is -0.481 e. The molecule has 0 bridgehead atoms. The highest BCUT2D eigenvalue weighted by Gasteiger charge is 2.15. The number of carboxylic acid groups (broad SMARTS) is 1. The van der Waals surface area contributed by atoms with E-state index in [2.05, 4.69) is 15.5 Å². The Labute approximate surface area is 99.4 Å². The number of hydrogen-bond acceptors (Lipinski definition) is 3. The van der Waals surface area contributed by atoms with E-state index >= 15 is 0 Å². The summed E-state index contributed by atoms with van der Waals surface area (Å²) in [5, 5.41) is 18.2. The Morgan fingerprint density at radius 3 is 2.76 bits per heavy atom. The van der Waals surface area contributed by atoms with Gasteiger partial charge in [0.15, 0.2) is 0 Å². The maximum absolute atomic E-state index is 10.5. The lowest BCUT2D eigenvalue weighted by Crippen LogP contribution is -2.31. The Bertz CT molecular complexity index is 381. The Hall–Kier alpha value is -1.85. The number of carbonyl (C=O) groups excluding carboxylic acids is 1. The van der Waals surface area contributed by atoms with Crippen molar-refractivity contribution < 1.29 is 14.7 Å². The fourth-order valence-electron chi connectivity index (χ4n) is 1.76. The Morgan fingerprint density at radius 1 is 1.59 bits per heavy atom. The maximum atomic E-state index is 10.5. The molecule has 0 radical (unpaired) electrons. The molecule has 0 saturated carbocycles. The second kappa shape index (κ2) is 6.03. The molecular formula is C11H17N3O3. The highest BCUT2D eigenvalue weighted by Crippen LogP contribution is 2.14. The molecule has 0 aliphatic carbocycles. The molecule has 1 atom stereocenters. The zero-order valence-corrected chi connectivity index (χ0v) is 9.99. The highest BCUT2D eigenvalue weighted by molar-refractivity contribution is 5.66. The van der Waals surface area contributed by atoms with Crippen molar-refractivity contribution >= 4 is 12.4 Å². The number of hydrogen-bond donors (Lipinski definition) is 3. The van der Waals surface area contributed by atoms with Crippen LogP contribution < -0.4 is 5.32 Å². The summed E-state index contributed by atoms with van der Waals surface area (Å²) in [5.74, 6) is -0.858. The molecule has 1 aromatic rings. The second-order valence-electron chi connectivity index (χ2n) is 4.03. The van der Waals surface area contributed by atoms with Crippen LogP contribution in [0.25, 0.3) is 0 Å². The van der Waals surface area contributed by atoms with Gasteiger partial charge in [-0.2, -0.15) is 5.10 Å². The molecule has 1 rings (SSSR count). The molecule has 0 fully saturated rings. The van der Waals surface area contributed by atoms with E-state index in [9.17, 15) is 9.59 Å². The van der Waals surface area contributed by atoms with Crippen LogP contribution in [0.5, 0.6) is 0 Å². The number of nitrogens with one attached hydrogen (secondary N) is 2. The number of aromatic nitrogens is 2. The normalized spacial score (nSPS) is 12.1. The third-order valence-electron chi connectivity index (χ3n) is 2.74. The summed E-state index contributed by atoms with van der Waals surface area (Å²) in [6.45, 7) is 3.79. The first-order chi connectivity index (χ1) is 8.04. The number of amides is 1. The van der Waals surface area contributed by atoms with Gasteiger partial charge in [-0.25, -0.2) is 0 Å². The summed E-state index contributed by atoms with van der Waals surface area (Å²) in [7, 11) is 0. The van der Waals surface area contributed by atoms with Gasteiger partial charge in [0, 0.05) is 18.2 Å². The first-order valence-electron chi connectivity index (χ1n) is 5.46. The first kappa shape index (κ1) is 13.2. The smallest absolute Gasteiger partial charge is 0.303 e. The zero-order chi connectivity index (χ0) is 12.8. The van der Waals surface area contributed by atoms with Gasteiger partial charge in [0.2, 0.25) is 6.41 Å². The average Bonchev–Trinajstić information content (AvgIpc) is 2.57. The molecule has 6 nitrogen and oxygen atoms in total. The minimum absolute atomic E-state index is 0.0431. The van der Waals surface area contributed by atoms with Crippen molar-refractivity contribution in [3.05, 3.63) is 17.0 Å². The predicted molar refractivity (Wildman–Crippen MR) is 61.6 cm³/mol. The summed E-state index contributed by atoms with van der Waals surface area (Å²) < 4.78 is 0. The van der Waals surface area contributed by atoms with Crippen molar-refractivity contribution in [2.45, 2.75) is 39.2 Å². The van der Waals surface area contributed by atoms with Gasteiger partial charge in [0.25, 0.3) is 0 Å². The molecule has 17 heavy (non-hydrogen) atoms. The SMILES string of the molecule is Cc1n[nH]c(C)c1CC(CCC(=O)O)NC=O. The molecule has 3 N–H and O–H groups in total. The largest absolute Gasteiger partial charge is 0.481 e. The van der Waals surface area contributed by atoms with Crippen LogP contribution in [0, 0.1) is 13.8 Å². The number of H-pyrrole nitrogens is 1. The quantitative estimate of drug-likeness (QED) is 0.605. The van der Waals surface area contributed by atoms with Crippen LogP contribution in [0.4, 0.5) is 0 Å². The van der Waals surface area contributed by atoms with Crippen molar-refractivity contribution in [2.75, 3.05) is 0 Å². The Kier molecular flexibility index (Phi) is 4.68. The topological polar surface area (TPSA) is 95.1 Å². The Morgan fingerprint density at radius 2 is 2.29 bits per heavy atom. The lowest BCUT2D eigenvalue weighted by molar-refractivity contribution is -0.137. The molecule has 0 spiro atoms. The summed E-state index contributed by atoms with van der Waals surface area (Å²) in [5.41, 5.74) is 2.88. The van der Waals surface area contributed by atoms with E-state index < -0.39 is 5.97 Å². The van der Waals surface area contributed by atoms with Crippen LogP contribution in [0.1, 0.15) is 29.8 Å². The maximum Gasteiger partial charge on any atom is 0.303 e. The van der Waals surface area contributed by atoms with E-state index in [0.717, 1.165) is 17.0 Å². The van der Waals surface area contributed by atoms with Crippen molar-refractivity contribution in [3.8, 4) is 0 Å². The highest BCUT2D eigenvalue weighted by atomic mass is 16.4. The van der Waals surface area contributed by atoms with Gasteiger partial charge in [-0.15, -0.1) is 0 Å². The van der Waals surface area contributed by atoms with Gasteiger partial charge in [0.1, 0.15) is 0 Å². The molecule has 0 aliphatic heterocycles. The molecule has 1 amide bonds. The Balaban J connectivity index is 2.65.